The summed E-state index contributed by atoms with van der Waals surface area (Å²) in [7, 11) is 0. The van der Waals surface area contributed by atoms with Gasteiger partial charge in [0.25, 0.3) is 0 Å². The second kappa shape index (κ2) is 3.74. The average molecular weight is 262 g/mol. The van der Waals surface area contributed by atoms with Crippen molar-refractivity contribution in [1.29, 1.82) is 0 Å². The highest BCUT2D eigenvalue weighted by atomic mass is 16.5. The molecule has 0 aliphatic heterocycles. The van der Waals surface area contributed by atoms with Crippen molar-refractivity contribution < 1.29 is 14.4 Å². The Labute approximate surface area is 111 Å². The third kappa shape index (κ3) is 1.53. The molecule has 4 bridgehead atoms. The third-order valence-corrected chi connectivity index (χ3v) is 5.49. The van der Waals surface area contributed by atoms with E-state index in [4.69, 9.17) is 15.4 Å². The number of rotatable bonds is 2. The molecule has 102 valence electrons. The largest absolute Gasteiger partial charge is 0.476 e. The molecule has 19 heavy (non-hydrogen) atoms. The van der Waals surface area contributed by atoms with Crippen LogP contribution >= 0.6 is 0 Å². The normalized spacial score (nSPS) is 39.7. The molecule has 5 rings (SSSR count). The predicted molar refractivity (Wildman–Crippen MR) is 67.7 cm³/mol. The summed E-state index contributed by atoms with van der Waals surface area (Å²) in [4.78, 5) is 11.0. The smallest absolute Gasteiger partial charge is 0.360 e. The van der Waals surface area contributed by atoms with E-state index in [0.717, 1.165) is 11.8 Å². The topological polar surface area (TPSA) is 89.4 Å². The number of carboxylic acids is 1. The molecule has 0 unspecified atom stereocenters. The Bertz CT molecular complexity index is 509. The quantitative estimate of drug-likeness (QED) is 0.854. The highest BCUT2D eigenvalue weighted by molar-refractivity contribution is 5.91. The van der Waals surface area contributed by atoms with Gasteiger partial charge in [-0.25, -0.2) is 4.79 Å². The van der Waals surface area contributed by atoms with E-state index in [0.29, 0.717) is 23.5 Å². The number of anilines is 1. The van der Waals surface area contributed by atoms with Crippen LogP contribution in [0.25, 0.3) is 0 Å². The van der Waals surface area contributed by atoms with E-state index in [1.807, 2.05) is 0 Å². The maximum Gasteiger partial charge on any atom is 0.360 e. The van der Waals surface area contributed by atoms with Crippen LogP contribution < -0.4 is 5.73 Å². The minimum atomic E-state index is -1.10. The van der Waals surface area contributed by atoms with Crippen molar-refractivity contribution in [3.05, 3.63) is 11.5 Å². The van der Waals surface area contributed by atoms with Crippen molar-refractivity contribution in [2.45, 2.75) is 38.0 Å². The summed E-state index contributed by atoms with van der Waals surface area (Å²) in [5.41, 5.74) is 6.08. The Hall–Kier alpha value is -1.52. The Morgan fingerprint density at radius 3 is 2.21 bits per heavy atom. The van der Waals surface area contributed by atoms with Crippen molar-refractivity contribution >= 4 is 11.7 Å². The summed E-state index contributed by atoms with van der Waals surface area (Å²) in [6.45, 7) is 0. The molecule has 4 aliphatic carbocycles. The zero-order chi connectivity index (χ0) is 13.1. The van der Waals surface area contributed by atoms with Gasteiger partial charge in [0, 0.05) is 5.92 Å². The van der Waals surface area contributed by atoms with E-state index < -0.39 is 5.97 Å². The summed E-state index contributed by atoms with van der Waals surface area (Å²) in [6.07, 6.45) is 6.40. The zero-order valence-corrected chi connectivity index (χ0v) is 10.7. The fourth-order valence-corrected chi connectivity index (χ4v) is 5.06. The summed E-state index contributed by atoms with van der Waals surface area (Å²) < 4.78 is 5.33. The lowest BCUT2D eigenvalue weighted by molar-refractivity contribution is -0.0110. The minimum absolute atomic E-state index is 0.121. The summed E-state index contributed by atoms with van der Waals surface area (Å²) >= 11 is 0. The molecule has 0 aromatic carbocycles. The standard InChI is InChI=1S/C14H18N2O3/c15-11-12(14(17)18)16-19-13(11)10-8-2-6-1-7(4-8)5-9(10)3-6/h6-10H,1-5,15H2,(H,17,18). The molecule has 0 amide bonds. The van der Waals surface area contributed by atoms with Crippen LogP contribution in [0, 0.1) is 23.7 Å². The first-order valence-corrected chi connectivity index (χ1v) is 7.11. The summed E-state index contributed by atoms with van der Waals surface area (Å²) in [6, 6.07) is 0. The Morgan fingerprint density at radius 2 is 1.74 bits per heavy atom. The lowest BCUT2D eigenvalue weighted by Crippen LogP contribution is -2.43. The minimum Gasteiger partial charge on any atom is -0.476 e. The van der Waals surface area contributed by atoms with Gasteiger partial charge in [0.2, 0.25) is 5.69 Å². The van der Waals surface area contributed by atoms with Crippen molar-refractivity contribution in [2.24, 2.45) is 23.7 Å². The molecule has 3 N–H and O–H groups in total. The maximum atomic E-state index is 11.0. The van der Waals surface area contributed by atoms with E-state index in [-0.39, 0.29) is 11.4 Å². The Kier molecular flexibility index (Phi) is 2.23. The van der Waals surface area contributed by atoms with Gasteiger partial charge in [-0.05, 0) is 55.8 Å². The molecule has 4 saturated carbocycles. The first kappa shape index (κ1) is 11.3. The number of aromatic nitrogens is 1. The SMILES string of the molecule is Nc1c(C(=O)O)noc1C1C2CC3CC(C2)CC1C3. The molecule has 4 fully saturated rings. The zero-order valence-electron chi connectivity index (χ0n) is 10.7. The van der Waals surface area contributed by atoms with Gasteiger partial charge in [-0.3, -0.25) is 0 Å². The van der Waals surface area contributed by atoms with Crippen LogP contribution in [-0.4, -0.2) is 16.2 Å². The number of nitrogen functional groups attached to an aromatic ring is 1. The molecule has 0 radical (unpaired) electrons. The van der Waals surface area contributed by atoms with E-state index in [1.54, 1.807) is 0 Å². The molecular weight excluding hydrogens is 244 g/mol. The van der Waals surface area contributed by atoms with Gasteiger partial charge in [-0.2, -0.15) is 0 Å². The molecule has 1 aromatic rings. The van der Waals surface area contributed by atoms with Gasteiger partial charge in [-0.15, -0.1) is 0 Å². The molecule has 4 aliphatic rings. The van der Waals surface area contributed by atoms with Crippen LogP contribution in [0.1, 0.15) is 54.3 Å². The number of aromatic carboxylic acids is 1. The lowest BCUT2D eigenvalue weighted by atomic mass is 9.51. The number of carbonyl (C=O) groups is 1. The molecule has 1 aromatic heterocycles. The van der Waals surface area contributed by atoms with Crippen LogP contribution in [0.15, 0.2) is 4.52 Å². The van der Waals surface area contributed by atoms with E-state index in [1.165, 1.54) is 32.1 Å². The number of hydrogen-bond donors (Lipinski definition) is 2. The van der Waals surface area contributed by atoms with Gasteiger partial charge >= 0.3 is 5.97 Å². The van der Waals surface area contributed by atoms with Gasteiger partial charge in [0.1, 0.15) is 5.69 Å². The highest BCUT2D eigenvalue weighted by Gasteiger charge is 2.50. The van der Waals surface area contributed by atoms with Crippen LogP contribution in [-0.2, 0) is 0 Å². The molecule has 5 nitrogen and oxygen atoms in total. The van der Waals surface area contributed by atoms with Gasteiger partial charge in [-0.1, -0.05) is 5.16 Å². The molecule has 0 saturated heterocycles. The second-order valence-electron chi connectivity index (χ2n) is 6.57. The van der Waals surface area contributed by atoms with Crippen molar-refractivity contribution in [1.82, 2.24) is 5.16 Å². The van der Waals surface area contributed by atoms with Gasteiger partial charge < -0.3 is 15.4 Å². The van der Waals surface area contributed by atoms with Crippen LogP contribution in [0.5, 0.6) is 0 Å². The summed E-state index contributed by atoms with van der Waals surface area (Å²) in [5.74, 6) is 2.83. The first-order valence-electron chi connectivity index (χ1n) is 7.11. The number of hydrogen-bond acceptors (Lipinski definition) is 4. The van der Waals surface area contributed by atoms with E-state index in [9.17, 15) is 4.79 Å². The van der Waals surface area contributed by atoms with Gasteiger partial charge in [0.05, 0.1) is 0 Å². The van der Waals surface area contributed by atoms with Gasteiger partial charge in [0.15, 0.2) is 5.76 Å². The predicted octanol–water partition coefficient (Wildman–Crippen LogP) is 2.49. The van der Waals surface area contributed by atoms with Crippen LogP contribution in [0.4, 0.5) is 5.69 Å². The Morgan fingerprint density at radius 1 is 1.16 bits per heavy atom. The second-order valence-corrected chi connectivity index (χ2v) is 6.57. The summed E-state index contributed by atoms with van der Waals surface area (Å²) in [5, 5.41) is 12.7. The van der Waals surface area contributed by atoms with Crippen LogP contribution in [0.2, 0.25) is 0 Å². The number of carboxylic acid groups (broad SMARTS) is 1. The fraction of sp³-hybridized carbons (Fsp3) is 0.714. The molecule has 0 atom stereocenters. The molecule has 1 heterocycles. The van der Waals surface area contributed by atoms with Crippen LogP contribution in [0.3, 0.4) is 0 Å². The van der Waals surface area contributed by atoms with Crippen molar-refractivity contribution in [3.8, 4) is 0 Å². The fourth-order valence-electron chi connectivity index (χ4n) is 5.06. The molecule has 5 heteroatoms. The monoisotopic (exact) mass is 262 g/mol. The number of nitrogens with zero attached hydrogens (tertiary/aromatic N) is 1. The maximum absolute atomic E-state index is 11.0. The lowest BCUT2D eigenvalue weighted by Gasteiger charge is -2.53. The Balaban J connectivity index is 1.71. The van der Waals surface area contributed by atoms with E-state index in [2.05, 4.69) is 5.16 Å². The highest BCUT2D eigenvalue weighted by Crippen LogP contribution is 2.60. The molecule has 0 spiro atoms. The number of nitrogens with two attached hydrogens (primary N) is 1. The van der Waals surface area contributed by atoms with Crippen molar-refractivity contribution in [2.75, 3.05) is 5.73 Å². The van der Waals surface area contributed by atoms with E-state index >= 15 is 0 Å². The average Bonchev–Trinajstić information content (AvgIpc) is 2.70. The van der Waals surface area contributed by atoms with Crippen molar-refractivity contribution in [3.63, 3.8) is 0 Å². The third-order valence-electron chi connectivity index (χ3n) is 5.49. The molecular formula is C14H18N2O3. The first-order chi connectivity index (χ1) is 9.13.